The Morgan fingerprint density at radius 3 is 1.78 bits per heavy atom. The molecule has 0 radical (unpaired) electrons. The number of hydrogen-bond donors (Lipinski definition) is 0. The van der Waals surface area contributed by atoms with Crippen LogP contribution in [0.15, 0.2) is 174 Å². The highest BCUT2D eigenvalue weighted by molar-refractivity contribution is 7.25. The van der Waals surface area contributed by atoms with E-state index in [-0.39, 0.29) is 0 Å². The number of benzene rings is 7. The highest BCUT2D eigenvalue weighted by atomic mass is 32.1. The summed E-state index contributed by atoms with van der Waals surface area (Å²) >= 11 is 1.84. The van der Waals surface area contributed by atoms with Crippen molar-refractivity contribution in [2.75, 3.05) is 0 Å². The van der Waals surface area contributed by atoms with E-state index in [0.717, 1.165) is 66.4 Å². The van der Waals surface area contributed by atoms with Crippen LogP contribution < -0.4 is 0 Å². The van der Waals surface area contributed by atoms with E-state index in [1.54, 1.807) is 0 Å². The molecular weight excluding hydrogens is 681 g/mol. The summed E-state index contributed by atoms with van der Waals surface area (Å²) in [7, 11) is 0. The fraction of sp³-hybridized carbons (Fsp3) is 0. The second-order valence-corrected chi connectivity index (χ2v) is 14.5. The monoisotopic (exact) mass is 708 g/mol. The van der Waals surface area contributed by atoms with Crippen LogP contribution in [0.2, 0.25) is 0 Å². The van der Waals surface area contributed by atoms with Crippen molar-refractivity contribution in [2.45, 2.75) is 0 Å². The van der Waals surface area contributed by atoms with Gasteiger partial charge in [-0.1, -0.05) is 133 Å². The Morgan fingerprint density at radius 2 is 1.00 bits per heavy atom. The number of pyridine rings is 1. The summed E-state index contributed by atoms with van der Waals surface area (Å²) in [5, 5.41) is 5.74. The van der Waals surface area contributed by atoms with Gasteiger partial charge in [0.15, 0.2) is 23.1 Å². The van der Waals surface area contributed by atoms with Gasteiger partial charge in [0.1, 0.15) is 11.3 Å². The fourth-order valence-corrected chi connectivity index (χ4v) is 8.74. The number of hydrogen-bond acceptors (Lipinski definition) is 6. The second-order valence-electron chi connectivity index (χ2n) is 13.4. The lowest BCUT2D eigenvalue weighted by atomic mass is 9.96. The molecule has 5 nitrogen and oxygen atoms in total. The van der Waals surface area contributed by atoms with Gasteiger partial charge in [-0.15, -0.1) is 11.3 Å². The third-order valence-electron chi connectivity index (χ3n) is 10.1. The molecule has 0 N–H and O–H groups in total. The first kappa shape index (κ1) is 30.6. The van der Waals surface area contributed by atoms with Crippen molar-refractivity contribution >= 4 is 64.4 Å². The maximum absolute atomic E-state index is 6.70. The molecule has 0 atom stereocenters. The van der Waals surface area contributed by atoms with Crippen LogP contribution >= 0.6 is 11.3 Å². The number of nitrogens with zero attached hydrogens (tertiary/aromatic N) is 4. The summed E-state index contributed by atoms with van der Waals surface area (Å²) in [6.45, 7) is 0. The number of thiophene rings is 1. The van der Waals surface area contributed by atoms with Crippen LogP contribution in [0, 0.1) is 0 Å². The first-order valence-electron chi connectivity index (χ1n) is 17.9. The highest BCUT2D eigenvalue weighted by Gasteiger charge is 2.20. The van der Waals surface area contributed by atoms with Crippen LogP contribution in [0.4, 0.5) is 0 Å². The predicted octanol–water partition coefficient (Wildman–Crippen LogP) is 13.0. The van der Waals surface area contributed by atoms with Gasteiger partial charge >= 0.3 is 0 Å². The van der Waals surface area contributed by atoms with Gasteiger partial charge < -0.3 is 4.42 Å². The molecule has 0 fully saturated rings. The quantitative estimate of drug-likeness (QED) is 0.178. The molecule has 11 aromatic rings. The average Bonchev–Trinajstić information content (AvgIpc) is 3.83. The SMILES string of the molecule is c1ccc(-c2nc(-c3ccccc3)nc(-c3cccc(-c4nc5ccc(-c6cccc7sc8ccccc8c67)cc5c5c4oc4ccccc45)c3)n2)cc1. The molecule has 7 aromatic carbocycles. The van der Waals surface area contributed by atoms with Crippen LogP contribution in [-0.2, 0) is 0 Å². The molecule has 4 heterocycles. The molecule has 0 aliphatic rings. The molecule has 0 aliphatic carbocycles. The molecule has 0 saturated heterocycles. The highest BCUT2D eigenvalue weighted by Crippen LogP contribution is 2.44. The molecule has 0 aliphatic heterocycles. The Bertz CT molecular complexity index is 3170. The first-order valence-corrected chi connectivity index (χ1v) is 18.7. The predicted molar refractivity (Wildman–Crippen MR) is 222 cm³/mol. The molecule has 0 bridgehead atoms. The summed E-state index contributed by atoms with van der Waals surface area (Å²) in [5.41, 5.74) is 9.26. The van der Waals surface area contributed by atoms with Gasteiger partial charge in [0.05, 0.1) is 5.52 Å². The second kappa shape index (κ2) is 12.3. The van der Waals surface area contributed by atoms with Crippen LogP contribution in [-0.4, -0.2) is 19.9 Å². The molecule has 54 heavy (non-hydrogen) atoms. The minimum Gasteiger partial charge on any atom is -0.454 e. The summed E-state index contributed by atoms with van der Waals surface area (Å²) in [6.07, 6.45) is 0. The van der Waals surface area contributed by atoms with E-state index in [9.17, 15) is 0 Å². The van der Waals surface area contributed by atoms with Gasteiger partial charge in [0.25, 0.3) is 0 Å². The normalized spacial score (nSPS) is 11.7. The van der Waals surface area contributed by atoms with Crippen molar-refractivity contribution in [3.8, 4) is 56.5 Å². The number of aromatic nitrogens is 4. The Morgan fingerprint density at radius 1 is 0.389 bits per heavy atom. The molecule has 0 spiro atoms. The topological polar surface area (TPSA) is 64.7 Å². The van der Waals surface area contributed by atoms with E-state index >= 15 is 0 Å². The minimum absolute atomic E-state index is 0.589. The maximum Gasteiger partial charge on any atom is 0.164 e. The van der Waals surface area contributed by atoms with Crippen LogP contribution in [0.1, 0.15) is 0 Å². The zero-order chi connectivity index (χ0) is 35.6. The molecule has 0 amide bonds. The lowest BCUT2D eigenvalue weighted by Crippen LogP contribution is -2.00. The lowest BCUT2D eigenvalue weighted by Gasteiger charge is -2.11. The van der Waals surface area contributed by atoms with E-state index in [4.69, 9.17) is 24.4 Å². The van der Waals surface area contributed by atoms with E-state index < -0.39 is 0 Å². The summed E-state index contributed by atoms with van der Waals surface area (Å²) < 4.78 is 9.28. The van der Waals surface area contributed by atoms with Crippen molar-refractivity contribution in [2.24, 2.45) is 0 Å². The summed E-state index contributed by atoms with van der Waals surface area (Å²) in [4.78, 5) is 20.2. The van der Waals surface area contributed by atoms with Crippen molar-refractivity contribution < 1.29 is 4.42 Å². The van der Waals surface area contributed by atoms with E-state index in [1.165, 1.54) is 25.7 Å². The third kappa shape index (κ3) is 4.99. The molecule has 4 aromatic heterocycles. The first-order chi connectivity index (χ1) is 26.7. The van der Waals surface area contributed by atoms with Crippen molar-refractivity contribution in [1.82, 2.24) is 19.9 Å². The zero-order valence-electron chi connectivity index (χ0n) is 28.8. The molecule has 0 saturated carbocycles. The minimum atomic E-state index is 0.589. The summed E-state index contributed by atoms with van der Waals surface area (Å²) in [6, 6.07) is 58.5. The van der Waals surface area contributed by atoms with Crippen molar-refractivity contribution in [1.29, 1.82) is 0 Å². The van der Waals surface area contributed by atoms with Crippen LogP contribution in [0.5, 0.6) is 0 Å². The van der Waals surface area contributed by atoms with Gasteiger partial charge in [-0.2, -0.15) is 0 Å². The molecule has 6 heteroatoms. The number of para-hydroxylation sites is 1. The molecule has 252 valence electrons. The van der Waals surface area contributed by atoms with Gasteiger partial charge in [-0.05, 0) is 47.5 Å². The lowest BCUT2D eigenvalue weighted by molar-refractivity contribution is 0.669. The zero-order valence-corrected chi connectivity index (χ0v) is 29.6. The molecular formula is C48H28N4OS. The van der Waals surface area contributed by atoms with E-state index in [1.807, 2.05) is 96.3 Å². The summed E-state index contributed by atoms with van der Waals surface area (Å²) in [5.74, 6) is 1.83. The average molecular weight is 709 g/mol. The van der Waals surface area contributed by atoms with Crippen LogP contribution in [0.25, 0.3) is 110 Å². The van der Waals surface area contributed by atoms with Crippen molar-refractivity contribution in [3.05, 3.63) is 170 Å². The Labute approximate surface area is 313 Å². The number of rotatable bonds is 5. The fourth-order valence-electron chi connectivity index (χ4n) is 7.61. The van der Waals surface area contributed by atoms with E-state index in [0.29, 0.717) is 17.5 Å². The molecule has 11 rings (SSSR count). The number of furan rings is 1. The Balaban J connectivity index is 1.11. The van der Waals surface area contributed by atoms with Gasteiger partial charge in [0.2, 0.25) is 0 Å². The van der Waals surface area contributed by atoms with Crippen LogP contribution in [0.3, 0.4) is 0 Å². The standard InChI is InChI=1S/C48H28N4OS/c1-3-13-29(14-4-1)46-50-47(30-15-5-2-6-16-30)52-48(51-46)33-18-11-17-32(27-33)44-45-43(35-19-7-9-22-39(35)53-45)37-28-31(25-26-38(37)49-44)34-21-12-24-41-42(34)36-20-8-10-23-40(36)54-41/h1-28H. The third-order valence-corrected chi connectivity index (χ3v) is 11.3. The van der Waals surface area contributed by atoms with E-state index in [2.05, 4.69) is 84.9 Å². The van der Waals surface area contributed by atoms with Gasteiger partial charge in [-0.3, -0.25) is 0 Å². The number of fused-ring (bicyclic) bond motifs is 8. The van der Waals surface area contributed by atoms with Gasteiger partial charge in [0, 0.05) is 58.6 Å². The molecule has 0 unspecified atom stereocenters. The largest absolute Gasteiger partial charge is 0.454 e. The Hall–Kier alpha value is -7.02. The smallest absolute Gasteiger partial charge is 0.164 e. The maximum atomic E-state index is 6.70. The Kier molecular flexibility index (Phi) is 6.97. The van der Waals surface area contributed by atoms with Crippen molar-refractivity contribution in [3.63, 3.8) is 0 Å². The van der Waals surface area contributed by atoms with Gasteiger partial charge in [-0.25, -0.2) is 19.9 Å².